The Morgan fingerprint density at radius 2 is 1.89 bits per heavy atom. The Balaban J connectivity index is 1.61. The monoisotopic (exact) mass is 408 g/mol. The first-order chi connectivity index (χ1) is 12.9. The Morgan fingerprint density at radius 3 is 2.48 bits per heavy atom. The molecule has 1 fully saturated rings. The summed E-state index contributed by atoms with van der Waals surface area (Å²) in [6.07, 6.45) is 1.82. The van der Waals surface area contributed by atoms with Crippen LogP contribution in [0.15, 0.2) is 46.0 Å². The summed E-state index contributed by atoms with van der Waals surface area (Å²) < 4.78 is 26.6. The Kier molecular flexibility index (Phi) is 6.31. The third kappa shape index (κ3) is 4.76. The number of quaternary nitrogens is 1. The number of carbonyl (C=O) groups excluding carboxylic acids is 1. The van der Waals surface area contributed by atoms with Gasteiger partial charge in [0.05, 0.1) is 11.9 Å². The van der Waals surface area contributed by atoms with Crippen LogP contribution < -0.4 is 10.2 Å². The lowest BCUT2D eigenvalue weighted by Crippen LogP contribution is -3.12. The fraction of sp³-hybridized carbons (Fsp3) is 0.421. The number of hydrogen-bond donors (Lipinski definition) is 2. The topological polar surface area (TPSA) is 70.9 Å². The van der Waals surface area contributed by atoms with Crippen molar-refractivity contribution >= 4 is 33.0 Å². The highest BCUT2D eigenvalue weighted by Crippen LogP contribution is 2.22. The fourth-order valence-corrected chi connectivity index (χ4v) is 5.32. The van der Waals surface area contributed by atoms with Crippen molar-refractivity contribution in [3.63, 3.8) is 0 Å². The third-order valence-electron chi connectivity index (χ3n) is 5.02. The average Bonchev–Trinajstić information content (AvgIpc) is 3.35. The molecule has 1 amide bonds. The number of thiophene rings is 1. The zero-order valence-corrected chi connectivity index (χ0v) is 17.3. The van der Waals surface area contributed by atoms with E-state index >= 15 is 0 Å². The molecule has 3 rings (SSSR count). The van der Waals surface area contributed by atoms with Crippen LogP contribution in [0.25, 0.3) is 0 Å². The molecule has 0 aliphatic carbocycles. The maximum Gasteiger partial charge on any atom is 0.282 e. The summed E-state index contributed by atoms with van der Waals surface area (Å²) in [4.78, 5) is 13.9. The quantitative estimate of drug-likeness (QED) is 0.731. The molecule has 1 aromatic heterocycles. The van der Waals surface area contributed by atoms with Gasteiger partial charge in [-0.25, -0.2) is 8.42 Å². The molecule has 27 heavy (non-hydrogen) atoms. The van der Waals surface area contributed by atoms with Crippen LogP contribution in [0.4, 0.5) is 5.69 Å². The van der Waals surface area contributed by atoms with E-state index < -0.39 is 10.0 Å². The number of amides is 1. The number of anilines is 1. The van der Waals surface area contributed by atoms with Crippen LogP contribution in [0.5, 0.6) is 0 Å². The molecule has 8 heteroatoms. The Morgan fingerprint density at radius 1 is 1.22 bits per heavy atom. The van der Waals surface area contributed by atoms with Gasteiger partial charge in [0.1, 0.15) is 6.54 Å². The van der Waals surface area contributed by atoms with Crippen molar-refractivity contribution in [3.8, 4) is 0 Å². The van der Waals surface area contributed by atoms with Gasteiger partial charge in [0.15, 0.2) is 6.04 Å². The van der Waals surface area contributed by atoms with E-state index in [0.717, 1.165) is 24.3 Å². The standard InChI is InChI=1S/C19H25N3O3S2/c1-15(21(2)13-16-9-12-26-14-16)19(23)20-17-5-7-18(8-6-17)27(24,25)22-10-3-4-11-22/h5-9,12,14-15H,3-4,10-11,13H2,1-2H3,(H,20,23)/p+1/t15-/m1/s1. The molecule has 1 aliphatic heterocycles. The molecular weight excluding hydrogens is 382 g/mol. The first-order valence-corrected chi connectivity index (χ1v) is 11.5. The fourth-order valence-electron chi connectivity index (χ4n) is 3.13. The van der Waals surface area contributed by atoms with Crippen molar-refractivity contribution in [1.82, 2.24) is 4.31 Å². The second-order valence-electron chi connectivity index (χ2n) is 7.00. The molecule has 0 spiro atoms. The van der Waals surface area contributed by atoms with Crippen LogP contribution in [0.2, 0.25) is 0 Å². The maximum absolute atomic E-state index is 12.6. The predicted octanol–water partition coefficient (Wildman–Crippen LogP) is 1.57. The van der Waals surface area contributed by atoms with E-state index in [-0.39, 0.29) is 16.8 Å². The highest BCUT2D eigenvalue weighted by molar-refractivity contribution is 7.89. The van der Waals surface area contributed by atoms with E-state index in [2.05, 4.69) is 16.8 Å². The van der Waals surface area contributed by atoms with Gasteiger partial charge in [0.25, 0.3) is 5.91 Å². The number of likely N-dealkylation sites (N-methyl/N-ethyl adjacent to an activating group) is 1. The van der Waals surface area contributed by atoms with Gasteiger partial charge in [-0.1, -0.05) is 0 Å². The summed E-state index contributed by atoms with van der Waals surface area (Å²) in [6, 6.07) is 8.28. The van der Waals surface area contributed by atoms with Gasteiger partial charge in [-0.05, 0) is 60.9 Å². The molecule has 0 saturated carbocycles. The van der Waals surface area contributed by atoms with Crippen LogP contribution in [-0.4, -0.2) is 44.8 Å². The lowest BCUT2D eigenvalue weighted by Gasteiger charge is -2.21. The number of hydrogen-bond acceptors (Lipinski definition) is 4. The largest absolute Gasteiger partial charge is 0.324 e. The lowest BCUT2D eigenvalue weighted by atomic mass is 10.2. The molecule has 1 aliphatic rings. The van der Waals surface area contributed by atoms with E-state index in [9.17, 15) is 13.2 Å². The number of benzene rings is 1. The number of rotatable bonds is 7. The molecule has 2 atom stereocenters. The summed E-state index contributed by atoms with van der Waals surface area (Å²) in [6.45, 7) is 3.84. The van der Waals surface area contributed by atoms with Crippen LogP contribution in [0.1, 0.15) is 25.3 Å². The molecular formula is C19H26N3O3S2+. The molecule has 0 radical (unpaired) electrons. The third-order valence-corrected chi connectivity index (χ3v) is 7.67. The second-order valence-corrected chi connectivity index (χ2v) is 9.72. The second kappa shape index (κ2) is 8.52. The number of nitrogens with zero attached hydrogens (tertiary/aromatic N) is 1. The highest BCUT2D eigenvalue weighted by atomic mass is 32.2. The summed E-state index contributed by atoms with van der Waals surface area (Å²) in [7, 11) is -1.43. The Hall–Kier alpha value is -1.74. The van der Waals surface area contributed by atoms with Gasteiger partial charge >= 0.3 is 0 Å². The van der Waals surface area contributed by atoms with E-state index in [1.54, 1.807) is 35.6 Å². The van der Waals surface area contributed by atoms with Crippen molar-refractivity contribution in [2.75, 3.05) is 25.5 Å². The van der Waals surface area contributed by atoms with Crippen molar-refractivity contribution in [2.45, 2.75) is 37.2 Å². The molecule has 2 aromatic rings. The van der Waals surface area contributed by atoms with Gasteiger partial charge in [0, 0.05) is 24.3 Å². The van der Waals surface area contributed by atoms with E-state index in [0.29, 0.717) is 18.8 Å². The minimum absolute atomic E-state index is 0.0853. The van der Waals surface area contributed by atoms with E-state index in [1.807, 2.05) is 19.4 Å². The Labute approximate surface area is 164 Å². The predicted molar refractivity (Wildman–Crippen MR) is 107 cm³/mol. The SMILES string of the molecule is C[C@H](C(=O)Nc1ccc(S(=O)(=O)N2CCCC2)cc1)[NH+](C)Cc1ccsc1. The number of carbonyl (C=O) groups is 1. The number of nitrogens with one attached hydrogen (secondary N) is 2. The van der Waals surface area contributed by atoms with Crippen LogP contribution in [-0.2, 0) is 21.4 Å². The summed E-state index contributed by atoms with van der Waals surface area (Å²) in [5.41, 5.74) is 1.82. The molecule has 2 N–H and O–H groups in total. The molecule has 0 bridgehead atoms. The van der Waals surface area contributed by atoms with Crippen molar-refractivity contribution in [1.29, 1.82) is 0 Å². The minimum Gasteiger partial charge on any atom is -0.324 e. The highest BCUT2D eigenvalue weighted by Gasteiger charge is 2.27. The average molecular weight is 409 g/mol. The smallest absolute Gasteiger partial charge is 0.282 e. The molecule has 1 aromatic carbocycles. The van der Waals surface area contributed by atoms with Crippen LogP contribution in [0, 0.1) is 0 Å². The van der Waals surface area contributed by atoms with Crippen LogP contribution in [0.3, 0.4) is 0 Å². The van der Waals surface area contributed by atoms with Gasteiger partial charge in [-0.2, -0.15) is 15.6 Å². The van der Waals surface area contributed by atoms with Gasteiger partial charge in [-0.3, -0.25) is 4.79 Å². The zero-order valence-electron chi connectivity index (χ0n) is 15.6. The van der Waals surface area contributed by atoms with Gasteiger partial charge < -0.3 is 10.2 Å². The van der Waals surface area contributed by atoms with Crippen LogP contribution >= 0.6 is 11.3 Å². The molecule has 146 valence electrons. The summed E-state index contributed by atoms with van der Waals surface area (Å²) >= 11 is 1.65. The first-order valence-electron chi connectivity index (χ1n) is 9.12. The normalized spacial score (nSPS) is 17.6. The zero-order chi connectivity index (χ0) is 19.4. The molecule has 1 saturated heterocycles. The molecule has 6 nitrogen and oxygen atoms in total. The molecule has 1 unspecified atom stereocenters. The Bertz CT molecular complexity index is 858. The lowest BCUT2D eigenvalue weighted by molar-refractivity contribution is -0.907. The van der Waals surface area contributed by atoms with Crippen molar-refractivity contribution in [3.05, 3.63) is 46.7 Å². The number of sulfonamides is 1. The van der Waals surface area contributed by atoms with Gasteiger partial charge in [0.2, 0.25) is 10.0 Å². The van der Waals surface area contributed by atoms with E-state index in [1.165, 1.54) is 9.87 Å². The summed E-state index contributed by atoms with van der Waals surface area (Å²) in [5.74, 6) is -0.0853. The first kappa shape index (κ1) is 20.0. The van der Waals surface area contributed by atoms with Crippen molar-refractivity contribution in [2.24, 2.45) is 0 Å². The molecule has 2 heterocycles. The summed E-state index contributed by atoms with van der Waals surface area (Å²) in [5, 5.41) is 7.01. The minimum atomic E-state index is -3.43. The maximum atomic E-state index is 12.6. The van der Waals surface area contributed by atoms with Gasteiger partial charge in [-0.15, -0.1) is 0 Å². The van der Waals surface area contributed by atoms with Crippen molar-refractivity contribution < 1.29 is 18.1 Å². The van der Waals surface area contributed by atoms with E-state index in [4.69, 9.17) is 0 Å².